The van der Waals surface area contributed by atoms with E-state index in [0.29, 0.717) is 23.1 Å². The highest BCUT2D eigenvalue weighted by Gasteiger charge is 2.21. The highest BCUT2D eigenvalue weighted by atomic mass is 35.5. The van der Waals surface area contributed by atoms with Gasteiger partial charge in [0.15, 0.2) is 0 Å². The fraction of sp³-hybridized carbons (Fsp3) is 0.318. The van der Waals surface area contributed by atoms with Crippen molar-refractivity contribution in [3.63, 3.8) is 0 Å². The third-order valence-electron chi connectivity index (χ3n) is 5.12. The van der Waals surface area contributed by atoms with Crippen molar-refractivity contribution in [1.82, 2.24) is 14.9 Å². The number of halogens is 1. The van der Waals surface area contributed by atoms with E-state index in [9.17, 15) is 9.59 Å². The van der Waals surface area contributed by atoms with Crippen molar-refractivity contribution < 1.29 is 4.79 Å². The van der Waals surface area contributed by atoms with Gasteiger partial charge in [-0.15, -0.1) is 11.3 Å². The van der Waals surface area contributed by atoms with Gasteiger partial charge in [0.2, 0.25) is 5.91 Å². The summed E-state index contributed by atoms with van der Waals surface area (Å²) in [6, 6.07) is 11.5. The normalized spacial score (nSPS) is 13.1. The molecule has 0 saturated carbocycles. The number of fused-ring (bicyclic) bond motifs is 1. The van der Waals surface area contributed by atoms with Gasteiger partial charge in [0.05, 0.1) is 12.3 Å². The second-order valence-corrected chi connectivity index (χ2v) is 9.56. The van der Waals surface area contributed by atoms with Crippen LogP contribution < -0.4 is 11.0 Å². The number of benzene rings is 1. The summed E-state index contributed by atoms with van der Waals surface area (Å²) in [7, 11) is 0. The minimum absolute atomic E-state index is 0.103. The Morgan fingerprint density at radius 1 is 1.20 bits per heavy atom. The van der Waals surface area contributed by atoms with Crippen LogP contribution >= 0.6 is 34.7 Å². The van der Waals surface area contributed by atoms with E-state index < -0.39 is 0 Å². The maximum atomic E-state index is 12.8. The summed E-state index contributed by atoms with van der Waals surface area (Å²) in [4.78, 5) is 30.6. The van der Waals surface area contributed by atoms with Crippen LogP contribution in [0.4, 0.5) is 0 Å². The summed E-state index contributed by atoms with van der Waals surface area (Å²) < 4.78 is 1.81. The lowest BCUT2D eigenvalue weighted by Gasteiger charge is -2.22. The molecule has 0 saturated heterocycles. The van der Waals surface area contributed by atoms with Gasteiger partial charge in [-0.2, -0.15) is 4.98 Å². The summed E-state index contributed by atoms with van der Waals surface area (Å²) in [6.07, 6.45) is 3.93. The average molecular weight is 460 g/mol. The summed E-state index contributed by atoms with van der Waals surface area (Å²) in [5.74, 6) is 0.118. The topological polar surface area (TPSA) is 64.0 Å². The minimum Gasteiger partial charge on any atom is -0.351 e. The predicted octanol–water partition coefficient (Wildman–Crippen LogP) is 4.29. The van der Waals surface area contributed by atoms with Crippen LogP contribution in [0.3, 0.4) is 0 Å². The van der Waals surface area contributed by atoms with E-state index in [1.165, 1.54) is 11.8 Å². The SMILES string of the molecule is O=C(CSc1nc(=O)n(Cc2cccs2)c2c1CCCC2)NCc1ccccc1Cl. The Morgan fingerprint density at radius 2 is 2.03 bits per heavy atom. The molecule has 2 heterocycles. The molecular weight excluding hydrogens is 438 g/mol. The molecule has 1 N–H and O–H groups in total. The number of thiophene rings is 1. The molecule has 5 nitrogen and oxygen atoms in total. The Bertz CT molecular complexity index is 1100. The van der Waals surface area contributed by atoms with Gasteiger partial charge in [0.1, 0.15) is 5.03 Å². The standard InChI is InChI=1S/C22H22ClN3O2S2/c23-18-9-3-1-6-15(18)12-24-20(27)14-30-21-17-8-2-4-10-19(17)26(22(28)25-21)13-16-7-5-11-29-16/h1,3,5-7,9,11H,2,4,8,10,12-14H2,(H,24,27). The van der Waals surface area contributed by atoms with Crippen molar-refractivity contribution in [3.05, 3.63) is 79.0 Å². The van der Waals surface area contributed by atoms with Crippen molar-refractivity contribution in [2.75, 3.05) is 5.75 Å². The van der Waals surface area contributed by atoms with Crippen LogP contribution in [-0.2, 0) is 30.7 Å². The molecule has 1 aliphatic carbocycles. The quantitative estimate of drug-likeness (QED) is 0.422. The van der Waals surface area contributed by atoms with Crippen LogP contribution in [0.5, 0.6) is 0 Å². The number of rotatable bonds is 7. The monoisotopic (exact) mass is 459 g/mol. The van der Waals surface area contributed by atoms with E-state index in [1.807, 2.05) is 40.3 Å². The maximum absolute atomic E-state index is 12.8. The smallest absolute Gasteiger partial charge is 0.349 e. The Morgan fingerprint density at radius 3 is 2.83 bits per heavy atom. The molecular formula is C22H22ClN3O2S2. The fourth-order valence-corrected chi connectivity index (χ4v) is 5.41. The van der Waals surface area contributed by atoms with Gasteiger partial charge < -0.3 is 5.32 Å². The average Bonchev–Trinajstić information content (AvgIpc) is 3.27. The van der Waals surface area contributed by atoms with Gasteiger partial charge in [-0.1, -0.05) is 47.6 Å². The van der Waals surface area contributed by atoms with Crippen LogP contribution in [-0.4, -0.2) is 21.2 Å². The predicted molar refractivity (Wildman–Crippen MR) is 123 cm³/mol. The molecule has 156 valence electrons. The summed E-state index contributed by atoms with van der Waals surface area (Å²) in [6.45, 7) is 0.947. The maximum Gasteiger partial charge on any atom is 0.349 e. The zero-order valence-corrected chi connectivity index (χ0v) is 18.8. The van der Waals surface area contributed by atoms with Crippen molar-refractivity contribution >= 4 is 40.6 Å². The summed E-state index contributed by atoms with van der Waals surface area (Å²) in [5, 5.41) is 6.25. The van der Waals surface area contributed by atoms with Crippen LogP contribution in [0.1, 0.15) is 34.5 Å². The molecule has 1 aromatic carbocycles. The molecule has 0 bridgehead atoms. The third-order valence-corrected chi connectivity index (χ3v) is 7.37. The molecule has 0 unspecified atom stereocenters. The van der Waals surface area contributed by atoms with Gasteiger partial charge in [-0.05, 0) is 48.8 Å². The number of nitrogens with zero attached hydrogens (tertiary/aromatic N) is 2. The molecule has 8 heteroatoms. The van der Waals surface area contributed by atoms with Crippen LogP contribution in [0.15, 0.2) is 51.6 Å². The van der Waals surface area contributed by atoms with Gasteiger partial charge in [-0.25, -0.2) is 4.79 Å². The van der Waals surface area contributed by atoms with Crippen LogP contribution in [0.2, 0.25) is 5.02 Å². The molecule has 3 aromatic rings. The fourth-order valence-electron chi connectivity index (χ4n) is 3.61. The van der Waals surface area contributed by atoms with Gasteiger partial charge in [0.25, 0.3) is 0 Å². The number of hydrogen-bond acceptors (Lipinski definition) is 5. The second-order valence-electron chi connectivity index (χ2n) is 7.15. The van der Waals surface area contributed by atoms with E-state index in [4.69, 9.17) is 11.6 Å². The van der Waals surface area contributed by atoms with E-state index in [1.54, 1.807) is 17.4 Å². The molecule has 0 aliphatic heterocycles. The van der Waals surface area contributed by atoms with Crippen molar-refractivity contribution in [3.8, 4) is 0 Å². The Labute approximate surface area is 188 Å². The number of aromatic nitrogens is 2. The first-order valence-corrected chi connectivity index (χ1v) is 12.1. The van der Waals surface area contributed by atoms with Crippen LogP contribution in [0, 0.1) is 0 Å². The van der Waals surface area contributed by atoms with Crippen LogP contribution in [0.25, 0.3) is 0 Å². The van der Waals surface area contributed by atoms with E-state index in [0.717, 1.165) is 47.4 Å². The lowest BCUT2D eigenvalue weighted by molar-refractivity contribution is -0.118. The molecule has 30 heavy (non-hydrogen) atoms. The van der Waals surface area contributed by atoms with Crippen molar-refractivity contribution in [1.29, 1.82) is 0 Å². The first kappa shape index (κ1) is 21.2. The second kappa shape index (κ2) is 9.81. The number of carbonyl (C=O) groups excluding carboxylic acids is 1. The molecule has 2 aromatic heterocycles. The number of nitrogens with one attached hydrogen (secondary N) is 1. The largest absolute Gasteiger partial charge is 0.351 e. The van der Waals surface area contributed by atoms with E-state index in [-0.39, 0.29) is 17.3 Å². The van der Waals surface area contributed by atoms with E-state index in [2.05, 4.69) is 10.3 Å². The minimum atomic E-state index is -0.233. The zero-order chi connectivity index (χ0) is 20.9. The molecule has 0 spiro atoms. The summed E-state index contributed by atoms with van der Waals surface area (Å²) >= 11 is 9.13. The highest BCUT2D eigenvalue weighted by molar-refractivity contribution is 7.99. The lowest BCUT2D eigenvalue weighted by Crippen LogP contribution is -2.31. The first-order valence-electron chi connectivity index (χ1n) is 9.89. The number of carbonyl (C=O) groups is 1. The third kappa shape index (κ3) is 4.96. The first-order chi connectivity index (χ1) is 14.6. The molecule has 0 fully saturated rings. The molecule has 0 atom stereocenters. The van der Waals surface area contributed by atoms with E-state index >= 15 is 0 Å². The number of hydrogen-bond donors (Lipinski definition) is 1. The van der Waals surface area contributed by atoms with Gasteiger partial charge in [0, 0.05) is 27.7 Å². The van der Waals surface area contributed by atoms with Gasteiger partial charge in [-0.3, -0.25) is 9.36 Å². The molecule has 0 radical (unpaired) electrons. The number of amides is 1. The lowest BCUT2D eigenvalue weighted by atomic mass is 9.97. The molecule has 1 amide bonds. The highest BCUT2D eigenvalue weighted by Crippen LogP contribution is 2.29. The molecule has 4 rings (SSSR count). The Balaban J connectivity index is 1.46. The molecule has 1 aliphatic rings. The van der Waals surface area contributed by atoms with Crippen molar-refractivity contribution in [2.45, 2.75) is 43.8 Å². The van der Waals surface area contributed by atoms with Gasteiger partial charge >= 0.3 is 5.69 Å². The summed E-state index contributed by atoms with van der Waals surface area (Å²) in [5.41, 5.74) is 2.85. The Kier molecular flexibility index (Phi) is 6.92. The Hall–Kier alpha value is -2.09. The number of thioether (sulfide) groups is 1. The zero-order valence-electron chi connectivity index (χ0n) is 16.4. The van der Waals surface area contributed by atoms with Crippen molar-refractivity contribution in [2.24, 2.45) is 0 Å².